The van der Waals surface area contributed by atoms with E-state index >= 15 is 0 Å². The average molecular weight is 476 g/mol. The first kappa shape index (κ1) is 24.0. The highest BCUT2D eigenvalue weighted by atomic mass is 16.3. The van der Waals surface area contributed by atoms with Crippen LogP contribution in [0.2, 0.25) is 0 Å². The van der Waals surface area contributed by atoms with Crippen molar-refractivity contribution in [2.24, 2.45) is 5.92 Å². The number of rotatable bonds is 5. The van der Waals surface area contributed by atoms with Crippen LogP contribution in [0.25, 0.3) is 11.1 Å². The Morgan fingerprint density at radius 3 is 2.37 bits per heavy atom. The Bertz CT molecular complexity index is 1060. The van der Waals surface area contributed by atoms with Gasteiger partial charge < -0.3 is 14.9 Å². The van der Waals surface area contributed by atoms with E-state index in [1.807, 2.05) is 24.3 Å². The Balaban J connectivity index is 1.36. The van der Waals surface area contributed by atoms with Gasteiger partial charge in [0.15, 0.2) is 0 Å². The predicted octanol–water partition coefficient (Wildman–Crippen LogP) is 3.61. The van der Waals surface area contributed by atoms with E-state index in [9.17, 15) is 14.7 Å². The maximum absolute atomic E-state index is 13.1. The first-order valence-electron chi connectivity index (χ1n) is 13.1. The van der Waals surface area contributed by atoms with Gasteiger partial charge in [0.1, 0.15) is 0 Å². The molecule has 0 unspecified atom stereocenters. The van der Waals surface area contributed by atoms with Gasteiger partial charge in [-0.3, -0.25) is 14.5 Å². The molecular formula is C29H37N3O3. The summed E-state index contributed by atoms with van der Waals surface area (Å²) < 4.78 is 0. The molecule has 0 spiro atoms. The maximum Gasteiger partial charge on any atom is 0.253 e. The Morgan fingerprint density at radius 2 is 1.71 bits per heavy atom. The highest BCUT2D eigenvalue weighted by molar-refractivity contribution is 5.95. The van der Waals surface area contributed by atoms with Gasteiger partial charge in [0.25, 0.3) is 5.91 Å². The third kappa shape index (κ3) is 4.62. The van der Waals surface area contributed by atoms with Crippen molar-refractivity contribution in [1.82, 2.24) is 14.7 Å². The van der Waals surface area contributed by atoms with Crippen LogP contribution in [-0.4, -0.2) is 84.0 Å². The number of hydrogen-bond acceptors (Lipinski definition) is 4. The van der Waals surface area contributed by atoms with E-state index in [0.29, 0.717) is 11.5 Å². The summed E-state index contributed by atoms with van der Waals surface area (Å²) in [7, 11) is 3.53. The predicted molar refractivity (Wildman–Crippen MR) is 137 cm³/mol. The summed E-state index contributed by atoms with van der Waals surface area (Å²) in [5.41, 5.74) is 3.98. The van der Waals surface area contributed by atoms with E-state index in [1.165, 1.54) is 12.0 Å². The lowest BCUT2D eigenvalue weighted by molar-refractivity contribution is -0.143. The Labute approximate surface area is 208 Å². The van der Waals surface area contributed by atoms with Gasteiger partial charge in [-0.25, -0.2) is 0 Å². The smallest absolute Gasteiger partial charge is 0.253 e. The van der Waals surface area contributed by atoms with Crippen molar-refractivity contribution in [3.8, 4) is 11.1 Å². The summed E-state index contributed by atoms with van der Waals surface area (Å²) in [6.07, 6.45) is 5.35. The van der Waals surface area contributed by atoms with Crippen LogP contribution >= 0.6 is 0 Å². The fourth-order valence-corrected chi connectivity index (χ4v) is 6.04. The van der Waals surface area contributed by atoms with E-state index in [1.54, 1.807) is 19.0 Å². The Kier molecular flexibility index (Phi) is 6.94. The number of hydrogen-bond donors (Lipinski definition) is 1. The van der Waals surface area contributed by atoms with Crippen LogP contribution in [0.4, 0.5) is 0 Å². The molecule has 0 bridgehead atoms. The molecular weight excluding hydrogens is 438 g/mol. The molecule has 1 saturated carbocycles. The van der Waals surface area contributed by atoms with Gasteiger partial charge in [0.05, 0.1) is 6.61 Å². The highest BCUT2D eigenvalue weighted by Crippen LogP contribution is 2.43. The Morgan fingerprint density at radius 1 is 0.971 bits per heavy atom. The minimum Gasteiger partial charge on any atom is -0.395 e. The molecule has 2 amide bonds. The quantitative estimate of drug-likeness (QED) is 0.718. The Hall–Kier alpha value is -2.70. The molecule has 3 aliphatic rings. The molecule has 1 aliphatic carbocycles. The van der Waals surface area contributed by atoms with Crippen LogP contribution in [0, 0.1) is 5.92 Å². The highest BCUT2D eigenvalue weighted by Gasteiger charge is 2.49. The summed E-state index contributed by atoms with van der Waals surface area (Å²) in [5, 5.41) is 10.2. The molecule has 0 radical (unpaired) electrons. The van der Waals surface area contributed by atoms with Crippen molar-refractivity contribution in [2.75, 3.05) is 40.3 Å². The van der Waals surface area contributed by atoms with Crippen LogP contribution in [0.1, 0.15) is 53.9 Å². The largest absolute Gasteiger partial charge is 0.395 e. The lowest BCUT2D eigenvalue weighted by Gasteiger charge is -2.57. The maximum atomic E-state index is 13.1. The zero-order valence-electron chi connectivity index (χ0n) is 20.9. The second-order valence-corrected chi connectivity index (χ2v) is 10.6. The number of aliphatic hydroxyl groups is 1. The normalized spacial score (nSPS) is 25.0. The van der Waals surface area contributed by atoms with Gasteiger partial charge in [0.2, 0.25) is 5.91 Å². The molecule has 2 aromatic carbocycles. The summed E-state index contributed by atoms with van der Waals surface area (Å²) >= 11 is 0. The SMILES string of the molecule is CN(C)C(=O)c1cccc(-c2ccc([C@H]3[C@@H](CO)N4CCCCN(C(=O)C5CCC5)C[C@H]34)cc2)c1. The number of aliphatic hydroxyl groups excluding tert-OH is 1. The topological polar surface area (TPSA) is 64.1 Å². The van der Waals surface area contributed by atoms with Crippen LogP contribution in [0.15, 0.2) is 48.5 Å². The molecule has 6 heteroatoms. The summed E-state index contributed by atoms with van der Waals surface area (Å²) in [4.78, 5) is 31.6. The molecule has 1 N–H and O–H groups in total. The van der Waals surface area contributed by atoms with E-state index in [4.69, 9.17) is 0 Å². The lowest BCUT2D eigenvalue weighted by atomic mass is 9.74. The minimum atomic E-state index is -0.00546. The second-order valence-electron chi connectivity index (χ2n) is 10.6. The first-order chi connectivity index (χ1) is 17.0. The third-order valence-electron chi connectivity index (χ3n) is 8.28. The number of fused-ring (bicyclic) bond motifs is 1. The van der Waals surface area contributed by atoms with Crippen molar-refractivity contribution in [1.29, 1.82) is 0 Å². The monoisotopic (exact) mass is 475 g/mol. The van der Waals surface area contributed by atoms with Gasteiger partial charge in [-0.05, 0) is 61.1 Å². The van der Waals surface area contributed by atoms with E-state index < -0.39 is 0 Å². The summed E-state index contributed by atoms with van der Waals surface area (Å²) in [5.74, 6) is 0.774. The fraction of sp³-hybridized carbons (Fsp3) is 0.517. The minimum absolute atomic E-state index is 0.00546. The zero-order valence-corrected chi connectivity index (χ0v) is 20.9. The van der Waals surface area contributed by atoms with Crippen molar-refractivity contribution in [2.45, 2.75) is 50.1 Å². The van der Waals surface area contributed by atoms with Crippen molar-refractivity contribution in [3.63, 3.8) is 0 Å². The second kappa shape index (κ2) is 10.1. The van der Waals surface area contributed by atoms with Crippen molar-refractivity contribution >= 4 is 11.8 Å². The molecule has 2 aliphatic heterocycles. The number of carbonyl (C=O) groups is 2. The number of benzene rings is 2. The molecule has 6 nitrogen and oxygen atoms in total. The molecule has 3 atom stereocenters. The van der Waals surface area contributed by atoms with Crippen LogP contribution in [-0.2, 0) is 4.79 Å². The summed E-state index contributed by atoms with van der Waals surface area (Å²) in [6.45, 7) is 2.74. The number of amides is 2. The van der Waals surface area contributed by atoms with Gasteiger partial charge in [-0.1, -0.05) is 42.8 Å². The molecule has 2 heterocycles. The molecule has 3 fully saturated rings. The molecule has 0 aromatic heterocycles. The average Bonchev–Trinajstić information content (AvgIpc) is 2.82. The molecule has 35 heavy (non-hydrogen) atoms. The summed E-state index contributed by atoms with van der Waals surface area (Å²) in [6, 6.07) is 16.7. The first-order valence-corrected chi connectivity index (χ1v) is 13.1. The fourth-order valence-electron chi connectivity index (χ4n) is 6.04. The van der Waals surface area contributed by atoms with E-state index in [0.717, 1.165) is 56.4 Å². The van der Waals surface area contributed by atoms with Crippen molar-refractivity contribution in [3.05, 3.63) is 59.7 Å². The molecule has 2 aromatic rings. The van der Waals surface area contributed by atoms with Gasteiger partial charge in [-0.2, -0.15) is 0 Å². The number of nitrogens with zero attached hydrogens (tertiary/aromatic N) is 3. The van der Waals surface area contributed by atoms with Crippen LogP contribution in [0.3, 0.4) is 0 Å². The van der Waals surface area contributed by atoms with Crippen LogP contribution < -0.4 is 0 Å². The van der Waals surface area contributed by atoms with Crippen LogP contribution in [0.5, 0.6) is 0 Å². The third-order valence-corrected chi connectivity index (χ3v) is 8.28. The molecule has 5 rings (SSSR count). The van der Waals surface area contributed by atoms with Gasteiger partial charge in [0, 0.05) is 56.7 Å². The van der Waals surface area contributed by atoms with E-state index in [-0.39, 0.29) is 36.4 Å². The lowest BCUT2D eigenvalue weighted by Crippen LogP contribution is -2.68. The molecule has 2 saturated heterocycles. The zero-order chi connectivity index (χ0) is 24.5. The molecule has 186 valence electrons. The van der Waals surface area contributed by atoms with Gasteiger partial charge >= 0.3 is 0 Å². The standard InChI is InChI=1S/C29H37N3O3/c1-30(2)28(34)24-10-6-9-23(17-24)20-11-13-21(14-12-20)27-25-18-31(29(35)22-7-5-8-22)15-3-4-16-32(25)26(27)19-33/h6,9-14,17,22,25-27,33H,3-5,7-8,15-16,18-19H2,1-2H3/t25-,26-,27-/m1/s1. The number of carbonyl (C=O) groups excluding carboxylic acids is 2. The van der Waals surface area contributed by atoms with E-state index in [2.05, 4.69) is 34.1 Å². The van der Waals surface area contributed by atoms with Crippen molar-refractivity contribution < 1.29 is 14.7 Å². The van der Waals surface area contributed by atoms with Gasteiger partial charge in [-0.15, -0.1) is 0 Å².